The van der Waals surface area contributed by atoms with Crippen LogP contribution in [0.3, 0.4) is 0 Å². The van der Waals surface area contributed by atoms with E-state index < -0.39 is 12.0 Å². The van der Waals surface area contributed by atoms with E-state index in [1.807, 2.05) is 0 Å². The predicted molar refractivity (Wildman–Crippen MR) is 53.8 cm³/mol. The van der Waals surface area contributed by atoms with Crippen molar-refractivity contribution < 1.29 is 14.3 Å². The van der Waals surface area contributed by atoms with Crippen molar-refractivity contribution >= 4 is 15.9 Å². The minimum Gasteiger partial charge on any atom is -0.372 e. The van der Waals surface area contributed by atoms with Crippen LogP contribution in [0.2, 0.25) is 0 Å². The molecule has 0 aliphatic carbocycles. The second-order valence-electron chi connectivity index (χ2n) is 2.77. The Morgan fingerprint density at radius 3 is 2.79 bits per heavy atom. The average molecular weight is 264 g/mol. The van der Waals surface area contributed by atoms with Crippen molar-refractivity contribution in [2.45, 2.75) is 6.23 Å². The van der Waals surface area contributed by atoms with E-state index in [1.165, 1.54) is 26.3 Å². The van der Waals surface area contributed by atoms with Gasteiger partial charge in [-0.2, -0.15) is 5.06 Å². The van der Waals surface area contributed by atoms with Gasteiger partial charge in [0.05, 0.1) is 7.11 Å². The van der Waals surface area contributed by atoms with Gasteiger partial charge >= 0.3 is 0 Å². The Hall–Kier alpha value is -0.490. The van der Waals surface area contributed by atoms with E-state index in [0.717, 1.165) is 5.06 Å². The van der Waals surface area contributed by atoms with Gasteiger partial charge in [0.15, 0.2) is 6.23 Å². The Balaban J connectivity index is 2.99. The third kappa shape index (κ3) is 2.51. The molecule has 5 heteroatoms. The van der Waals surface area contributed by atoms with Crippen LogP contribution in [0.1, 0.15) is 11.8 Å². The number of nitrogens with zero attached hydrogens (tertiary/aromatic N) is 1. The van der Waals surface area contributed by atoms with Crippen LogP contribution in [-0.2, 0) is 4.84 Å². The quantitative estimate of drug-likeness (QED) is 0.670. The average Bonchev–Trinajstić information content (AvgIpc) is 2.19. The summed E-state index contributed by atoms with van der Waals surface area (Å²) in [6.07, 6.45) is -1.11. The monoisotopic (exact) mass is 263 g/mol. The fraction of sp³-hybridized carbons (Fsp3) is 0.333. The van der Waals surface area contributed by atoms with Gasteiger partial charge in [0, 0.05) is 17.1 Å². The highest BCUT2D eigenvalue weighted by molar-refractivity contribution is 9.10. The van der Waals surface area contributed by atoms with Crippen LogP contribution in [0.15, 0.2) is 22.7 Å². The second kappa shape index (κ2) is 4.84. The van der Waals surface area contributed by atoms with E-state index in [4.69, 9.17) is 4.84 Å². The van der Waals surface area contributed by atoms with Crippen molar-refractivity contribution in [2.75, 3.05) is 14.2 Å². The van der Waals surface area contributed by atoms with Gasteiger partial charge in [-0.25, -0.2) is 4.39 Å². The van der Waals surface area contributed by atoms with Crippen LogP contribution in [-0.4, -0.2) is 24.3 Å². The lowest BCUT2D eigenvalue weighted by Gasteiger charge is -2.21. The standard InChI is InChI=1S/C9H11BrFNO2/c1-12(14-2)9(13)7-5-6(10)3-4-8(7)11/h3-5,9,13H,1-2H3. The molecule has 1 unspecified atom stereocenters. The first-order chi connectivity index (χ1) is 6.56. The van der Waals surface area contributed by atoms with Gasteiger partial charge in [-0.15, -0.1) is 0 Å². The lowest BCUT2D eigenvalue weighted by Crippen LogP contribution is -2.23. The maximum absolute atomic E-state index is 13.3. The molecule has 3 nitrogen and oxygen atoms in total. The SMILES string of the molecule is CON(C)C(O)c1cc(Br)ccc1F. The number of halogens is 2. The van der Waals surface area contributed by atoms with Gasteiger partial charge in [-0.05, 0) is 18.2 Å². The number of hydrogen-bond donors (Lipinski definition) is 1. The largest absolute Gasteiger partial charge is 0.372 e. The number of aliphatic hydroxyl groups is 1. The highest BCUT2D eigenvalue weighted by atomic mass is 79.9. The summed E-state index contributed by atoms with van der Waals surface area (Å²) in [5.74, 6) is -0.468. The zero-order valence-corrected chi connectivity index (χ0v) is 9.45. The highest BCUT2D eigenvalue weighted by Gasteiger charge is 2.17. The van der Waals surface area contributed by atoms with Gasteiger partial charge in [-0.1, -0.05) is 15.9 Å². The molecule has 0 saturated carbocycles. The maximum atomic E-state index is 13.3. The summed E-state index contributed by atoms with van der Waals surface area (Å²) in [7, 11) is 2.92. The van der Waals surface area contributed by atoms with Gasteiger partial charge in [-0.3, -0.25) is 4.84 Å². The molecule has 0 fully saturated rings. The molecule has 0 aliphatic rings. The van der Waals surface area contributed by atoms with Crippen molar-refractivity contribution in [3.63, 3.8) is 0 Å². The lowest BCUT2D eigenvalue weighted by atomic mass is 10.2. The van der Waals surface area contributed by atoms with Gasteiger partial charge in [0.1, 0.15) is 5.82 Å². The molecule has 1 aromatic carbocycles. The van der Waals surface area contributed by atoms with Crippen molar-refractivity contribution in [3.05, 3.63) is 34.1 Å². The zero-order chi connectivity index (χ0) is 10.7. The molecule has 0 amide bonds. The molecule has 1 rings (SSSR count). The summed E-state index contributed by atoms with van der Waals surface area (Å²) < 4.78 is 14.0. The molecular weight excluding hydrogens is 253 g/mol. The molecule has 0 heterocycles. The summed E-state index contributed by atoms with van der Waals surface area (Å²) in [6.45, 7) is 0. The zero-order valence-electron chi connectivity index (χ0n) is 7.87. The molecule has 1 atom stereocenters. The molecule has 1 N–H and O–H groups in total. The molecule has 78 valence electrons. The Morgan fingerprint density at radius 1 is 1.57 bits per heavy atom. The molecule has 0 spiro atoms. The number of hydrogen-bond acceptors (Lipinski definition) is 3. The van der Waals surface area contributed by atoms with Gasteiger partial charge in [0.2, 0.25) is 0 Å². The Labute approximate surface area is 90.2 Å². The fourth-order valence-corrected chi connectivity index (χ4v) is 1.39. The van der Waals surface area contributed by atoms with Crippen molar-refractivity contribution in [2.24, 2.45) is 0 Å². The smallest absolute Gasteiger partial charge is 0.158 e. The van der Waals surface area contributed by atoms with E-state index >= 15 is 0 Å². The topological polar surface area (TPSA) is 32.7 Å². The molecule has 0 radical (unpaired) electrons. The number of hydroxylamine groups is 2. The van der Waals surface area contributed by atoms with E-state index in [9.17, 15) is 9.50 Å². The first kappa shape index (κ1) is 11.6. The molecule has 0 saturated heterocycles. The van der Waals surface area contributed by atoms with Gasteiger partial charge < -0.3 is 5.11 Å². The molecule has 0 bridgehead atoms. The van der Waals surface area contributed by atoms with Crippen LogP contribution in [0, 0.1) is 5.82 Å². The summed E-state index contributed by atoms with van der Waals surface area (Å²) >= 11 is 3.20. The third-order valence-corrected chi connectivity index (χ3v) is 2.36. The summed E-state index contributed by atoms with van der Waals surface area (Å²) in [5, 5.41) is 10.8. The maximum Gasteiger partial charge on any atom is 0.158 e. The van der Waals surface area contributed by atoms with Crippen molar-refractivity contribution in [1.82, 2.24) is 5.06 Å². The van der Waals surface area contributed by atoms with Crippen LogP contribution in [0.4, 0.5) is 4.39 Å². The minimum atomic E-state index is -1.11. The number of aliphatic hydroxyl groups excluding tert-OH is 1. The van der Waals surface area contributed by atoms with E-state index in [1.54, 1.807) is 6.07 Å². The summed E-state index contributed by atoms with van der Waals surface area (Å²) in [6, 6.07) is 4.36. The van der Waals surface area contributed by atoms with E-state index in [-0.39, 0.29) is 5.56 Å². The molecule has 1 aromatic rings. The number of benzene rings is 1. The van der Waals surface area contributed by atoms with Crippen LogP contribution in [0.25, 0.3) is 0 Å². The van der Waals surface area contributed by atoms with E-state index in [2.05, 4.69) is 15.9 Å². The first-order valence-electron chi connectivity index (χ1n) is 3.96. The Kier molecular flexibility index (Phi) is 4.00. The lowest BCUT2D eigenvalue weighted by molar-refractivity contribution is -0.207. The molecule has 0 aromatic heterocycles. The van der Waals surface area contributed by atoms with E-state index in [0.29, 0.717) is 4.47 Å². The molecule has 14 heavy (non-hydrogen) atoms. The molecular formula is C9H11BrFNO2. The van der Waals surface area contributed by atoms with Crippen LogP contribution >= 0.6 is 15.9 Å². The van der Waals surface area contributed by atoms with Gasteiger partial charge in [0.25, 0.3) is 0 Å². The van der Waals surface area contributed by atoms with Crippen molar-refractivity contribution in [3.8, 4) is 0 Å². The highest BCUT2D eigenvalue weighted by Crippen LogP contribution is 2.23. The third-order valence-electron chi connectivity index (χ3n) is 1.87. The number of rotatable bonds is 3. The summed E-state index contributed by atoms with van der Waals surface area (Å²) in [4.78, 5) is 4.76. The minimum absolute atomic E-state index is 0.170. The molecule has 0 aliphatic heterocycles. The Morgan fingerprint density at radius 2 is 2.21 bits per heavy atom. The summed E-state index contributed by atoms with van der Waals surface area (Å²) in [5.41, 5.74) is 0.170. The van der Waals surface area contributed by atoms with Crippen LogP contribution in [0.5, 0.6) is 0 Å². The normalized spacial score (nSPS) is 13.3. The first-order valence-corrected chi connectivity index (χ1v) is 4.75. The Bertz CT molecular complexity index is 322. The van der Waals surface area contributed by atoms with Crippen molar-refractivity contribution in [1.29, 1.82) is 0 Å². The second-order valence-corrected chi connectivity index (χ2v) is 3.68. The van der Waals surface area contributed by atoms with Crippen LogP contribution < -0.4 is 0 Å². The fourth-order valence-electron chi connectivity index (χ4n) is 1.01. The predicted octanol–water partition coefficient (Wildman–Crippen LogP) is 2.07.